The lowest BCUT2D eigenvalue weighted by molar-refractivity contribution is 0.669. The third kappa shape index (κ3) is 5.67. The van der Waals surface area contributed by atoms with Crippen molar-refractivity contribution in [3.63, 3.8) is 0 Å². The summed E-state index contributed by atoms with van der Waals surface area (Å²) in [5, 5.41) is 6.38. The van der Waals surface area contributed by atoms with Crippen LogP contribution in [0.25, 0.3) is 122 Å². The molecule has 5 heteroatoms. The molecule has 0 fully saturated rings. The van der Waals surface area contributed by atoms with Gasteiger partial charge in [-0.25, -0.2) is 15.0 Å². The molecule has 280 valence electrons. The van der Waals surface area contributed by atoms with Gasteiger partial charge in [0.15, 0.2) is 17.5 Å². The Morgan fingerprint density at radius 3 is 1.58 bits per heavy atom. The van der Waals surface area contributed by atoms with Gasteiger partial charge in [-0.2, -0.15) is 0 Å². The molecule has 0 aliphatic rings. The molecular weight excluding hydrogens is 735 g/mol. The fraction of sp³-hybridized carbons (Fsp3) is 0. The second-order valence-corrected chi connectivity index (χ2v) is 15.1. The van der Waals surface area contributed by atoms with E-state index in [-0.39, 0.29) is 0 Å². The zero-order chi connectivity index (χ0) is 39.6. The summed E-state index contributed by atoms with van der Waals surface area (Å²) in [6.45, 7) is 0. The number of aromatic nitrogens is 3. The number of para-hydroxylation sites is 2. The molecule has 0 radical (unpaired) electrons. The molecule has 0 amide bonds. The van der Waals surface area contributed by atoms with E-state index in [1.807, 2.05) is 42.5 Å². The van der Waals surface area contributed by atoms with E-state index in [1.165, 1.54) is 0 Å². The van der Waals surface area contributed by atoms with Crippen molar-refractivity contribution in [2.24, 2.45) is 0 Å². The third-order valence-corrected chi connectivity index (χ3v) is 11.5. The highest BCUT2D eigenvalue weighted by Gasteiger charge is 2.22. The fourth-order valence-electron chi connectivity index (χ4n) is 8.62. The summed E-state index contributed by atoms with van der Waals surface area (Å²) in [4.78, 5) is 15.7. The number of rotatable bonds is 6. The summed E-state index contributed by atoms with van der Waals surface area (Å²) in [7, 11) is 0. The Balaban J connectivity index is 1.09. The summed E-state index contributed by atoms with van der Waals surface area (Å²) < 4.78 is 13.2. The highest BCUT2D eigenvalue weighted by molar-refractivity contribution is 6.18. The molecular formula is C55H33N3O2. The molecule has 0 bridgehead atoms. The van der Waals surface area contributed by atoms with Gasteiger partial charge >= 0.3 is 0 Å². The van der Waals surface area contributed by atoms with E-state index in [4.69, 9.17) is 23.8 Å². The predicted molar refractivity (Wildman–Crippen MR) is 245 cm³/mol. The van der Waals surface area contributed by atoms with Crippen LogP contribution in [0, 0.1) is 0 Å². The quantitative estimate of drug-likeness (QED) is 0.169. The van der Waals surface area contributed by atoms with Crippen molar-refractivity contribution in [2.75, 3.05) is 0 Å². The minimum atomic E-state index is 0.552. The summed E-state index contributed by atoms with van der Waals surface area (Å²) in [6.07, 6.45) is 0. The molecule has 0 saturated carbocycles. The molecule has 60 heavy (non-hydrogen) atoms. The molecule has 0 unspecified atom stereocenters. The van der Waals surface area contributed by atoms with Gasteiger partial charge < -0.3 is 8.83 Å². The average molecular weight is 768 g/mol. The zero-order valence-electron chi connectivity index (χ0n) is 32.2. The second kappa shape index (κ2) is 13.8. The van der Waals surface area contributed by atoms with E-state index in [0.717, 1.165) is 105 Å². The van der Waals surface area contributed by atoms with Crippen LogP contribution in [0.3, 0.4) is 0 Å². The largest absolute Gasteiger partial charge is 0.456 e. The highest BCUT2D eigenvalue weighted by atomic mass is 16.3. The van der Waals surface area contributed by atoms with E-state index in [1.54, 1.807) is 0 Å². The van der Waals surface area contributed by atoms with Crippen molar-refractivity contribution in [3.8, 4) is 67.5 Å². The summed E-state index contributed by atoms with van der Waals surface area (Å²) in [5.41, 5.74) is 12.4. The maximum Gasteiger partial charge on any atom is 0.164 e. The van der Waals surface area contributed by atoms with Crippen molar-refractivity contribution in [1.82, 2.24) is 15.0 Å². The van der Waals surface area contributed by atoms with Gasteiger partial charge in [0.05, 0.1) is 0 Å². The van der Waals surface area contributed by atoms with E-state index >= 15 is 0 Å². The Kier molecular flexibility index (Phi) is 7.78. The van der Waals surface area contributed by atoms with Crippen LogP contribution in [0.4, 0.5) is 0 Å². The molecule has 0 saturated heterocycles. The molecule has 0 spiro atoms. The lowest BCUT2D eigenvalue weighted by atomic mass is 9.91. The van der Waals surface area contributed by atoms with Gasteiger partial charge in [-0.15, -0.1) is 0 Å². The second-order valence-electron chi connectivity index (χ2n) is 15.1. The highest BCUT2D eigenvalue weighted by Crippen LogP contribution is 2.44. The first kappa shape index (κ1) is 33.9. The Hall–Kier alpha value is -8.15. The van der Waals surface area contributed by atoms with Crippen LogP contribution < -0.4 is 0 Å². The summed E-state index contributed by atoms with van der Waals surface area (Å²) in [6, 6.07) is 69.3. The molecule has 3 aromatic heterocycles. The van der Waals surface area contributed by atoms with Crippen LogP contribution >= 0.6 is 0 Å². The van der Waals surface area contributed by atoms with Gasteiger partial charge in [0.25, 0.3) is 0 Å². The van der Waals surface area contributed by atoms with Crippen LogP contribution in [0.1, 0.15) is 0 Å². The number of furan rings is 2. The predicted octanol–water partition coefficient (Wildman–Crippen LogP) is 14.8. The van der Waals surface area contributed by atoms with Gasteiger partial charge in [-0.05, 0) is 87.1 Å². The molecule has 0 atom stereocenters. The van der Waals surface area contributed by atoms with Crippen LogP contribution in [0.15, 0.2) is 209 Å². The molecule has 12 rings (SSSR count). The number of fused-ring (bicyclic) bond motifs is 7. The first-order chi connectivity index (χ1) is 29.7. The maximum atomic E-state index is 6.87. The smallest absolute Gasteiger partial charge is 0.164 e. The van der Waals surface area contributed by atoms with Crippen molar-refractivity contribution < 1.29 is 8.83 Å². The summed E-state index contributed by atoms with van der Waals surface area (Å²) in [5.74, 6) is 1.68. The van der Waals surface area contributed by atoms with E-state index in [9.17, 15) is 0 Å². The minimum Gasteiger partial charge on any atom is -0.456 e. The van der Waals surface area contributed by atoms with Crippen molar-refractivity contribution in [2.45, 2.75) is 0 Å². The van der Waals surface area contributed by atoms with Gasteiger partial charge in [-0.3, -0.25) is 0 Å². The van der Waals surface area contributed by atoms with Crippen molar-refractivity contribution in [3.05, 3.63) is 200 Å². The molecule has 3 heterocycles. The lowest BCUT2D eigenvalue weighted by Gasteiger charge is -2.14. The Morgan fingerprint density at radius 1 is 0.283 bits per heavy atom. The number of hydrogen-bond acceptors (Lipinski definition) is 5. The number of nitrogens with zero attached hydrogens (tertiary/aromatic N) is 3. The van der Waals surface area contributed by atoms with Crippen molar-refractivity contribution >= 4 is 54.6 Å². The van der Waals surface area contributed by atoms with Crippen LogP contribution in [-0.4, -0.2) is 15.0 Å². The Labute approximate surface area is 344 Å². The fourth-order valence-corrected chi connectivity index (χ4v) is 8.62. The van der Waals surface area contributed by atoms with E-state index in [0.29, 0.717) is 17.5 Å². The zero-order valence-corrected chi connectivity index (χ0v) is 32.2. The van der Waals surface area contributed by atoms with Crippen LogP contribution in [0.5, 0.6) is 0 Å². The topological polar surface area (TPSA) is 65.0 Å². The molecule has 5 nitrogen and oxygen atoms in total. The molecule has 0 aliphatic carbocycles. The standard InChI is InChI=1S/C55H33N3O2/c1-3-13-34(14-4-1)36-23-25-37(26-24-36)53-56-54(39-27-28-43-42-19-9-11-21-48(42)59-50(43)33-39)58-55(57-53)46-30-29-44(52-51(46)45-20-10-12-22-49(45)60-52)47-32-40(35-15-5-2-6-16-35)31-38-17-7-8-18-41(38)47/h1-33H. The maximum absolute atomic E-state index is 6.87. The van der Waals surface area contributed by atoms with Gasteiger partial charge in [0.2, 0.25) is 0 Å². The normalized spacial score (nSPS) is 11.7. The van der Waals surface area contributed by atoms with E-state index < -0.39 is 0 Å². The van der Waals surface area contributed by atoms with E-state index in [2.05, 4.69) is 158 Å². The number of benzene rings is 9. The monoisotopic (exact) mass is 767 g/mol. The Bertz CT molecular complexity index is 3590. The molecule has 9 aromatic carbocycles. The minimum absolute atomic E-state index is 0.552. The molecule has 12 aromatic rings. The van der Waals surface area contributed by atoms with Crippen LogP contribution in [0.2, 0.25) is 0 Å². The van der Waals surface area contributed by atoms with Gasteiger partial charge in [0.1, 0.15) is 22.3 Å². The first-order valence-corrected chi connectivity index (χ1v) is 20.1. The van der Waals surface area contributed by atoms with Gasteiger partial charge in [0, 0.05) is 43.8 Å². The van der Waals surface area contributed by atoms with Crippen LogP contribution in [-0.2, 0) is 0 Å². The third-order valence-electron chi connectivity index (χ3n) is 11.5. The Morgan fingerprint density at radius 2 is 0.817 bits per heavy atom. The SMILES string of the molecule is c1ccc(-c2ccc(-c3nc(-c4ccc5c(c4)oc4ccccc45)nc(-c4ccc(-c5cc(-c6ccccc6)cc6ccccc56)c5oc6ccccc6c45)n3)cc2)cc1. The molecule has 0 N–H and O–H groups in total. The van der Waals surface area contributed by atoms with Gasteiger partial charge in [-0.1, -0.05) is 152 Å². The number of hydrogen-bond donors (Lipinski definition) is 0. The van der Waals surface area contributed by atoms with Crippen molar-refractivity contribution in [1.29, 1.82) is 0 Å². The lowest BCUT2D eigenvalue weighted by Crippen LogP contribution is -2.00. The summed E-state index contributed by atoms with van der Waals surface area (Å²) >= 11 is 0. The first-order valence-electron chi connectivity index (χ1n) is 20.1. The average Bonchev–Trinajstić information content (AvgIpc) is 3.90. The molecule has 0 aliphatic heterocycles.